The predicted octanol–water partition coefficient (Wildman–Crippen LogP) is 2.74. The molecule has 0 amide bonds. The third-order valence-electron chi connectivity index (χ3n) is 1.52. The average molecular weight is 182 g/mol. The summed E-state index contributed by atoms with van der Waals surface area (Å²) in [4.78, 5) is 0. The number of nitrogens with one attached hydrogen (secondary N) is 1. The summed E-state index contributed by atoms with van der Waals surface area (Å²) in [7, 11) is 0. The van der Waals surface area contributed by atoms with E-state index in [2.05, 4.69) is 0 Å². The van der Waals surface area contributed by atoms with Crippen molar-refractivity contribution in [3.05, 3.63) is 29.1 Å². The summed E-state index contributed by atoms with van der Waals surface area (Å²) in [6.45, 7) is 5.64. The first-order chi connectivity index (χ1) is 6.15. The van der Waals surface area contributed by atoms with Gasteiger partial charge in [0.15, 0.2) is 0 Å². The smallest absolute Gasteiger partial charge is 0.126 e. The molecule has 1 aromatic rings. The number of nitrogens with two attached hydrogens (primary N) is 1. The van der Waals surface area contributed by atoms with Gasteiger partial charge in [0.05, 0.1) is 0 Å². The Hall–Kier alpha value is -1.38. The molecule has 1 rings (SSSR count). The maximum Gasteiger partial charge on any atom is 0.126 e. The Morgan fingerprint density at radius 1 is 1.38 bits per heavy atom. The Labute approximate surface area is 78.1 Å². The monoisotopic (exact) mass is 182 g/mol. The number of nitrogen functional groups attached to an aromatic ring is 1. The zero-order valence-corrected chi connectivity index (χ0v) is 8.19. The molecule has 0 aliphatic heterocycles. The Morgan fingerprint density at radius 2 is 1.92 bits per heavy atom. The topological polar surface area (TPSA) is 49.9 Å². The first-order valence-corrected chi connectivity index (χ1v) is 4.21. The zero-order valence-electron chi connectivity index (χ0n) is 8.19. The molecule has 0 fully saturated rings. The molecule has 0 unspecified atom stereocenters. The lowest BCUT2D eigenvalue weighted by Crippen LogP contribution is -1.95. The fourth-order valence-electron chi connectivity index (χ4n) is 0.844. The highest BCUT2D eigenvalue weighted by molar-refractivity contribution is 5.84. The molecule has 0 radical (unpaired) electrons. The van der Waals surface area contributed by atoms with E-state index in [1.165, 1.54) is 12.1 Å². The van der Waals surface area contributed by atoms with Gasteiger partial charge < -0.3 is 11.1 Å². The molecule has 13 heavy (non-hydrogen) atoms. The van der Waals surface area contributed by atoms with Gasteiger partial charge in [-0.3, -0.25) is 0 Å². The summed E-state index contributed by atoms with van der Waals surface area (Å²) in [6, 6.07) is 2.79. The van der Waals surface area contributed by atoms with Crippen LogP contribution in [0.5, 0.6) is 0 Å². The van der Waals surface area contributed by atoms with Gasteiger partial charge in [-0.25, -0.2) is 4.39 Å². The fourth-order valence-corrected chi connectivity index (χ4v) is 0.844. The summed E-state index contributed by atoms with van der Waals surface area (Å²) in [5.41, 5.74) is 6.86. The first kappa shape index (κ1) is 11.6. The van der Waals surface area contributed by atoms with E-state index in [-0.39, 0.29) is 5.82 Å². The molecule has 72 valence electrons. The second-order valence-electron chi connectivity index (χ2n) is 2.37. The number of hydrogen-bond acceptors (Lipinski definition) is 2. The summed E-state index contributed by atoms with van der Waals surface area (Å²) < 4.78 is 12.8. The molecule has 0 spiro atoms. The maximum absolute atomic E-state index is 12.8. The average Bonchev–Trinajstić information content (AvgIpc) is 2.15. The molecule has 0 bridgehead atoms. The minimum atomic E-state index is -0.322. The second kappa shape index (κ2) is 5.30. The third-order valence-corrected chi connectivity index (χ3v) is 1.52. The Bertz CT molecular complexity index is 295. The Kier molecular flexibility index (Phi) is 4.74. The number of hydrogen-bond donors (Lipinski definition) is 2. The predicted molar refractivity (Wildman–Crippen MR) is 54.8 cm³/mol. The SMILES string of the molecule is CC.Cc1cc(N)c(C=N)cc1F. The lowest BCUT2D eigenvalue weighted by atomic mass is 10.1. The van der Waals surface area contributed by atoms with Crippen LogP contribution in [0.2, 0.25) is 0 Å². The van der Waals surface area contributed by atoms with Gasteiger partial charge in [-0.1, -0.05) is 13.8 Å². The molecular formula is C10H15FN2. The highest BCUT2D eigenvalue weighted by atomic mass is 19.1. The number of aryl methyl sites for hydroxylation is 1. The molecular weight excluding hydrogens is 167 g/mol. The molecule has 0 aliphatic carbocycles. The standard InChI is InChI=1S/C8H9FN2.C2H6/c1-5-2-8(11)6(4-10)3-7(5)9;1-2/h2-4,10H,11H2,1H3;1-2H3. The number of halogens is 1. The number of anilines is 1. The van der Waals surface area contributed by atoms with Crippen LogP contribution in [0.1, 0.15) is 25.0 Å². The van der Waals surface area contributed by atoms with Crippen molar-refractivity contribution in [1.29, 1.82) is 5.41 Å². The van der Waals surface area contributed by atoms with Crippen molar-refractivity contribution in [1.82, 2.24) is 0 Å². The molecule has 0 saturated carbocycles. The largest absolute Gasteiger partial charge is 0.398 e. The third kappa shape index (κ3) is 2.86. The minimum absolute atomic E-state index is 0.322. The maximum atomic E-state index is 12.8. The molecule has 3 heteroatoms. The van der Waals surface area contributed by atoms with Crippen molar-refractivity contribution in [3.8, 4) is 0 Å². The van der Waals surface area contributed by atoms with Crippen LogP contribution in [0.15, 0.2) is 12.1 Å². The summed E-state index contributed by atoms with van der Waals surface area (Å²) >= 11 is 0. The van der Waals surface area contributed by atoms with Crippen LogP contribution in [0, 0.1) is 18.2 Å². The van der Waals surface area contributed by atoms with Crippen LogP contribution in [0.4, 0.5) is 10.1 Å². The fraction of sp³-hybridized carbons (Fsp3) is 0.300. The number of benzene rings is 1. The highest BCUT2D eigenvalue weighted by Gasteiger charge is 2.01. The van der Waals surface area contributed by atoms with Crippen molar-refractivity contribution in [3.63, 3.8) is 0 Å². The Balaban J connectivity index is 0.000000671. The molecule has 0 aromatic heterocycles. The zero-order chi connectivity index (χ0) is 10.4. The van der Waals surface area contributed by atoms with Crippen molar-refractivity contribution >= 4 is 11.9 Å². The minimum Gasteiger partial charge on any atom is -0.398 e. The van der Waals surface area contributed by atoms with Gasteiger partial charge in [0.1, 0.15) is 5.82 Å². The molecule has 1 aromatic carbocycles. The summed E-state index contributed by atoms with van der Waals surface area (Å²) in [6.07, 6.45) is 1.04. The highest BCUT2D eigenvalue weighted by Crippen LogP contribution is 2.15. The van der Waals surface area contributed by atoms with Crippen LogP contribution in [-0.2, 0) is 0 Å². The van der Waals surface area contributed by atoms with Gasteiger partial charge in [0, 0.05) is 17.5 Å². The molecule has 2 nitrogen and oxygen atoms in total. The molecule has 3 N–H and O–H groups in total. The molecule has 0 atom stereocenters. The van der Waals surface area contributed by atoms with Crippen LogP contribution in [-0.4, -0.2) is 6.21 Å². The van der Waals surface area contributed by atoms with E-state index in [0.29, 0.717) is 16.8 Å². The van der Waals surface area contributed by atoms with Crippen molar-refractivity contribution in [2.24, 2.45) is 0 Å². The lowest BCUT2D eigenvalue weighted by Gasteiger charge is -2.01. The lowest BCUT2D eigenvalue weighted by molar-refractivity contribution is 0.618. The molecule has 0 heterocycles. The summed E-state index contributed by atoms with van der Waals surface area (Å²) in [5, 5.41) is 6.88. The van der Waals surface area contributed by atoms with Crippen LogP contribution >= 0.6 is 0 Å². The van der Waals surface area contributed by atoms with Gasteiger partial charge in [-0.05, 0) is 24.6 Å². The normalized spacial score (nSPS) is 8.62. The van der Waals surface area contributed by atoms with E-state index in [0.717, 1.165) is 6.21 Å². The first-order valence-electron chi connectivity index (χ1n) is 4.21. The van der Waals surface area contributed by atoms with E-state index in [4.69, 9.17) is 11.1 Å². The van der Waals surface area contributed by atoms with E-state index in [9.17, 15) is 4.39 Å². The Morgan fingerprint density at radius 3 is 2.38 bits per heavy atom. The van der Waals surface area contributed by atoms with Crippen molar-refractivity contribution in [2.75, 3.05) is 5.73 Å². The second-order valence-corrected chi connectivity index (χ2v) is 2.37. The van der Waals surface area contributed by atoms with Crippen LogP contribution < -0.4 is 5.73 Å². The van der Waals surface area contributed by atoms with Crippen LogP contribution in [0.25, 0.3) is 0 Å². The van der Waals surface area contributed by atoms with Gasteiger partial charge in [0.25, 0.3) is 0 Å². The van der Waals surface area contributed by atoms with E-state index >= 15 is 0 Å². The van der Waals surface area contributed by atoms with E-state index in [1.807, 2.05) is 13.8 Å². The quantitative estimate of drug-likeness (QED) is 0.509. The van der Waals surface area contributed by atoms with E-state index in [1.54, 1.807) is 6.92 Å². The van der Waals surface area contributed by atoms with Crippen LogP contribution in [0.3, 0.4) is 0 Å². The number of rotatable bonds is 1. The molecule has 0 aliphatic rings. The molecule has 0 saturated heterocycles. The van der Waals surface area contributed by atoms with Crippen molar-refractivity contribution in [2.45, 2.75) is 20.8 Å². The van der Waals surface area contributed by atoms with Crippen molar-refractivity contribution < 1.29 is 4.39 Å². The van der Waals surface area contributed by atoms with Gasteiger partial charge in [-0.2, -0.15) is 0 Å². The van der Waals surface area contributed by atoms with E-state index < -0.39 is 0 Å². The van der Waals surface area contributed by atoms with Gasteiger partial charge >= 0.3 is 0 Å². The van der Waals surface area contributed by atoms with Gasteiger partial charge in [-0.15, -0.1) is 0 Å². The summed E-state index contributed by atoms with van der Waals surface area (Å²) in [5.74, 6) is -0.322. The van der Waals surface area contributed by atoms with Gasteiger partial charge in [0.2, 0.25) is 0 Å².